The fourth-order valence-electron chi connectivity index (χ4n) is 3.09. The zero-order valence-corrected chi connectivity index (χ0v) is 11.4. The van der Waals surface area contributed by atoms with E-state index in [1.807, 2.05) is 4.90 Å². The van der Waals surface area contributed by atoms with Crippen molar-refractivity contribution < 1.29 is 4.79 Å². The molecule has 4 nitrogen and oxygen atoms in total. The molecular weight excluding hydrogens is 238 g/mol. The lowest BCUT2D eigenvalue weighted by Crippen LogP contribution is -2.55. The summed E-state index contributed by atoms with van der Waals surface area (Å²) in [6, 6.07) is 9.15. The zero-order chi connectivity index (χ0) is 13.2. The summed E-state index contributed by atoms with van der Waals surface area (Å²) in [5.74, 6) is 0. The van der Waals surface area contributed by atoms with Crippen LogP contribution in [0.15, 0.2) is 24.3 Å². The third-order valence-corrected chi connectivity index (χ3v) is 4.05. The summed E-state index contributed by atoms with van der Waals surface area (Å²) in [5.41, 5.74) is 2.78. The number of hydrogen-bond acceptors (Lipinski definition) is 2. The van der Waals surface area contributed by atoms with Gasteiger partial charge in [-0.25, -0.2) is 4.79 Å². The average molecular weight is 259 g/mol. The molecule has 2 heterocycles. The molecule has 19 heavy (non-hydrogen) atoms. The van der Waals surface area contributed by atoms with Crippen LogP contribution in [0.1, 0.15) is 18.9 Å². The first-order valence-corrected chi connectivity index (χ1v) is 7.17. The maximum absolute atomic E-state index is 12.0. The van der Waals surface area contributed by atoms with Crippen LogP contribution >= 0.6 is 0 Å². The highest BCUT2D eigenvalue weighted by Gasteiger charge is 2.35. The van der Waals surface area contributed by atoms with E-state index in [0.29, 0.717) is 6.04 Å². The second kappa shape index (κ2) is 5.11. The molecule has 3 rings (SSSR count). The standard InChI is InChI=1S/C15H21N3O/c1-2-7-16-15(19)17-8-9-18-13(11-17)10-12-5-3-4-6-14(12)18/h3-6,13H,2,7-11H2,1H3,(H,16,19). The van der Waals surface area contributed by atoms with Crippen LogP contribution in [-0.4, -0.2) is 43.2 Å². The van der Waals surface area contributed by atoms with E-state index in [4.69, 9.17) is 0 Å². The first kappa shape index (κ1) is 12.3. The van der Waals surface area contributed by atoms with E-state index in [9.17, 15) is 4.79 Å². The monoisotopic (exact) mass is 259 g/mol. The Morgan fingerprint density at radius 3 is 3.05 bits per heavy atom. The highest BCUT2D eigenvalue weighted by Crippen LogP contribution is 2.33. The summed E-state index contributed by atoms with van der Waals surface area (Å²) in [7, 11) is 0. The molecule has 1 unspecified atom stereocenters. The minimum absolute atomic E-state index is 0.0949. The Labute approximate surface area is 114 Å². The number of hydrogen-bond donors (Lipinski definition) is 1. The van der Waals surface area contributed by atoms with Gasteiger partial charge in [-0.1, -0.05) is 25.1 Å². The van der Waals surface area contributed by atoms with E-state index >= 15 is 0 Å². The molecule has 2 aliphatic rings. The van der Waals surface area contributed by atoms with E-state index < -0.39 is 0 Å². The van der Waals surface area contributed by atoms with Gasteiger partial charge in [0, 0.05) is 31.9 Å². The molecule has 2 amide bonds. The maximum Gasteiger partial charge on any atom is 0.317 e. The summed E-state index contributed by atoms with van der Waals surface area (Å²) in [4.78, 5) is 16.4. The maximum atomic E-state index is 12.0. The second-order valence-corrected chi connectivity index (χ2v) is 5.36. The van der Waals surface area contributed by atoms with Gasteiger partial charge in [0.25, 0.3) is 0 Å². The SMILES string of the molecule is CCCNC(=O)N1CCN2c3ccccc3CC2C1. The number of benzene rings is 1. The molecule has 102 valence electrons. The molecule has 1 atom stereocenters. The van der Waals surface area contributed by atoms with Crippen molar-refractivity contribution >= 4 is 11.7 Å². The van der Waals surface area contributed by atoms with Gasteiger partial charge < -0.3 is 15.1 Å². The third-order valence-electron chi connectivity index (χ3n) is 4.05. The van der Waals surface area contributed by atoms with Gasteiger partial charge >= 0.3 is 6.03 Å². The molecule has 0 aliphatic carbocycles. The number of nitrogens with one attached hydrogen (secondary N) is 1. The predicted octanol–water partition coefficient (Wildman–Crippen LogP) is 1.85. The fourth-order valence-corrected chi connectivity index (χ4v) is 3.09. The van der Waals surface area contributed by atoms with Crippen molar-refractivity contribution in [1.29, 1.82) is 0 Å². The first-order valence-electron chi connectivity index (χ1n) is 7.17. The molecule has 1 saturated heterocycles. The Morgan fingerprint density at radius 1 is 1.37 bits per heavy atom. The largest absolute Gasteiger partial charge is 0.364 e. The lowest BCUT2D eigenvalue weighted by Gasteiger charge is -2.39. The number of piperazine rings is 1. The van der Waals surface area contributed by atoms with E-state index in [1.54, 1.807) is 0 Å². The Hall–Kier alpha value is -1.71. The van der Waals surface area contributed by atoms with Crippen molar-refractivity contribution in [1.82, 2.24) is 10.2 Å². The van der Waals surface area contributed by atoms with Gasteiger partial charge in [0.1, 0.15) is 0 Å². The quantitative estimate of drug-likeness (QED) is 0.880. The number of anilines is 1. The molecule has 1 fully saturated rings. The van der Waals surface area contributed by atoms with Gasteiger partial charge in [-0.15, -0.1) is 0 Å². The number of amides is 2. The molecule has 4 heteroatoms. The van der Waals surface area contributed by atoms with Crippen LogP contribution in [0.2, 0.25) is 0 Å². The minimum atomic E-state index is 0.0949. The van der Waals surface area contributed by atoms with Crippen LogP contribution in [0.4, 0.5) is 10.5 Å². The van der Waals surface area contributed by atoms with Crippen molar-refractivity contribution in [2.45, 2.75) is 25.8 Å². The van der Waals surface area contributed by atoms with Crippen molar-refractivity contribution in [3.63, 3.8) is 0 Å². The van der Waals surface area contributed by atoms with Crippen LogP contribution in [0.5, 0.6) is 0 Å². The van der Waals surface area contributed by atoms with Gasteiger partial charge in [-0.2, -0.15) is 0 Å². The molecule has 0 aromatic heterocycles. The Balaban J connectivity index is 1.66. The average Bonchev–Trinajstić information content (AvgIpc) is 2.82. The van der Waals surface area contributed by atoms with Crippen LogP contribution in [0.25, 0.3) is 0 Å². The zero-order valence-electron chi connectivity index (χ0n) is 11.4. The van der Waals surface area contributed by atoms with Crippen molar-refractivity contribution in [2.75, 3.05) is 31.1 Å². The number of para-hydroxylation sites is 1. The highest BCUT2D eigenvalue weighted by molar-refractivity contribution is 5.75. The second-order valence-electron chi connectivity index (χ2n) is 5.36. The summed E-state index contributed by atoms with van der Waals surface area (Å²) in [6.07, 6.45) is 2.05. The summed E-state index contributed by atoms with van der Waals surface area (Å²) in [6.45, 7) is 5.45. The van der Waals surface area contributed by atoms with E-state index in [-0.39, 0.29) is 6.03 Å². The minimum Gasteiger partial charge on any atom is -0.364 e. The smallest absolute Gasteiger partial charge is 0.317 e. The van der Waals surface area contributed by atoms with Gasteiger partial charge in [-0.3, -0.25) is 0 Å². The van der Waals surface area contributed by atoms with Gasteiger partial charge in [0.05, 0.1) is 6.04 Å². The van der Waals surface area contributed by atoms with Crippen molar-refractivity contribution in [2.24, 2.45) is 0 Å². The number of rotatable bonds is 2. The number of carbonyl (C=O) groups is 1. The van der Waals surface area contributed by atoms with E-state index in [1.165, 1.54) is 11.3 Å². The van der Waals surface area contributed by atoms with Crippen LogP contribution < -0.4 is 10.2 Å². The topological polar surface area (TPSA) is 35.6 Å². The lowest BCUT2D eigenvalue weighted by molar-refractivity contribution is 0.186. The highest BCUT2D eigenvalue weighted by atomic mass is 16.2. The number of nitrogens with zero attached hydrogens (tertiary/aromatic N) is 2. The first-order chi connectivity index (χ1) is 9.29. The molecule has 2 aliphatic heterocycles. The lowest BCUT2D eigenvalue weighted by atomic mass is 10.1. The fraction of sp³-hybridized carbons (Fsp3) is 0.533. The molecule has 1 aromatic rings. The third kappa shape index (κ3) is 2.27. The van der Waals surface area contributed by atoms with Gasteiger partial charge in [0.2, 0.25) is 0 Å². The van der Waals surface area contributed by atoms with Crippen LogP contribution in [0.3, 0.4) is 0 Å². The van der Waals surface area contributed by atoms with Crippen LogP contribution in [0, 0.1) is 0 Å². The Morgan fingerprint density at radius 2 is 2.21 bits per heavy atom. The normalized spacial score (nSPS) is 21.0. The Bertz CT molecular complexity index is 474. The molecule has 0 radical (unpaired) electrons. The van der Waals surface area contributed by atoms with Crippen LogP contribution in [-0.2, 0) is 6.42 Å². The number of fused-ring (bicyclic) bond motifs is 3. The summed E-state index contributed by atoms with van der Waals surface area (Å²) >= 11 is 0. The molecule has 0 bridgehead atoms. The van der Waals surface area contributed by atoms with Gasteiger partial charge in [-0.05, 0) is 24.5 Å². The van der Waals surface area contributed by atoms with E-state index in [2.05, 4.69) is 41.4 Å². The van der Waals surface area contributed by atoms with Crippen molar-refractivity contribution in [3.8, 4) is 0 Å². The van der Waals surface area contributed by atoms with Crippen molar-refractivity contribution in [3.05, 3.63) is 29.8 Å². The summed E-state index contributed by atoms with van der Waals surface area (Å²) < 4.78 is 0. The molecule has 0 spiro atoms. The number of urea groups is 1. The van der Waals surface area contributed by atoms with Gasteiger partial charge in [0.15, 0.2) is 0 Å². The Kier molecular flexibility index (Phi) is 3.32. The molecule has 1 aromatic carbocycles. The number of carbonyl (C=O) groups excluding carboxylic acids is 1. The predicted molar refractivity (Wildman–Crippen MR) is 76.5 cm³/mol. The molecule has 1 N–H and O–H groups in total. The molecule has 0 saturated carbocycles. The van der Waals surface area contributed by atoms with E-state index in [0.717, 1.165) is 39.0 Å². The summed E-state index contributed by atoms with van der Waals surface area (Å²) in [5, 5.41) is 2.97. The molecular formula is C15H21N3O.